The second-order valence-electron chi connectivity index (χ2n) is 5.81. The van der Waals surface area contributed by atoms with Crippen LogP contribution < -0.4 is 16.0 Å². The topological polar surface area (TPSA) is 78.9 Å². The van der Waals surface area contributed by atoms with Crippen LogP contribution in [0.25, 0.3) is 0 Å². The van der Waals surface area contributed by atoms with Gasteiger partial charge < -0.3 is 16.0 Å². The summed E-state index contributed by atoms with van der Waals surface area (Å²) in [6.45, 7) is 9.80. The van der Waals surface area contributed by atoms with Gasteiger partial charge in [-0.3, -0.25) is 4.79 Å². The summed E-state index contributed by atoms with van der Waals surface area (Å²) in [4.78, 5) is 20.9. The Labute approximate surface area is 143 Å². The van der Waals surface area contributed by atoms with Crippen LogP contribution in [-0.2, 0) is 0 Å². The van der Waals surface area contributed by atoms with E-state index < -0.39 is 0 Å². The molecule has 1 amide bonds. The molecule has 3 N–H and O–H groups in total. The number of nitrogens with one attached hydrogen (secondary N) is 3. The Kier molecular flexibility index (Phi) is 6.12. The zero-order chi connectivity index (χ0) is 17.5. The summed E-state index contributed by atoms with van der Waals surface area (Å²) >= 11 is 0. The molecule has 0 bridgehead atoms. The first-order valence-electron chi connectivity index (χ1n) is 8.18. The predicted octanol–water partition coefficient (Wildman–Crippen LogP) is 2.68. The number of anilines is 2. The molecule has 0 aliphatic heterocycles. The van der Waals surface area contributed by atoms with Crippen molar-refractivity contribution in [2.45, 2.75) is 27.7 Å². The standard InChI is InChI=1S/C18H25N5O/c1-5-19-18-22-14(4)11-16(23-18)20-6-7-21-17(24)15-9-12(2)8-13(3)10-15/h8-11H,5-7H2,1-4H3,(H,21,24)(H2,19,20,22,23). The van der Waals surface area contributed by atoms with Crippen molar-refractivity contribution in [2.24, 2.45) is 0 Å². The summed E-state index contributed by atoms with van der Waals surface area (Å²) in [7, 11) is 0. The molecule has 0 unspecified atom stereocenters. The van der Waals surface area contributed by atoms with Gasteiger partial charge in [0.15, 0.2) is 0 Å². The maximum atomic E-state index is 12.2. The lowest BCUT2D eigenvalue weighted by atomic mass is 10.1. The molecule has 6 heteroatoms. The summed E-state index contributed by atoms with van der Waals surface area (Å²) in [6.07, 6.45) is 0. The zero-order valence-electron chi connectivity index (χ0n) is 14.7. The van der Waals surface area contributed by atoms with Gasteiger partial charge in [0.25, 0.3) is 5.91 Å². The van der Waals surface area contributed by atoms with Crippen LogP contribution in [0.2, 0.25) is 0 Å². The molecule has 0 atom stereocenters. The smallest absolute Gasteiger partial charge is 0.251 e. The molecule has 2 aromatic rings. The minimum absolute atomic E-state index is 0.0594. The maximum Gasteiger partial charge on any atom is 0.251 e. The molecule has 0 fully saturated rings. The van der Waals surface area contributed by atoms with Crippen molar-refractivity contribution in [3.63, 3.8) is 0 Å². The number of hydrogen-bond donors (Lipinski definition) is 3. The third-order valence-corrected chi connectivity index (χ3v) is 3.39. The molecule has 128 valence electrons. The molecule has 1 aromatic carbocycles. The van der Waals surface area contributed by atoms with Crippen LogP contribution in [0.5, 0.6) is 0 Å². The number of nitrogens with zero attached hydrogens (tertiary/aromatic N) is 2. The molecule has 0 spiro atoms. The van der Waals surface area contributed by atoms with Crippen LogP contribution in [0.3, 0.4) is 0 Å². The maximum absolute atomic E-state index is 12.2. The second kappa shape index (κ2) is 8.29. The van der Waals surface area contributed by atoms with Crippen LogP contribution in [-0.4, -0.2) is 35.5 Å². The molecule has 0 radical (unpaired) electrons. The Balaban J connectivity index is 1.85. The first-order chi connectivity index (χ1) is 11.5. The summed E-state index contributed by atoms with van der Waals surface area (Å²) in [5, 5.41) is 9.22. The Morgan fingerprint density at radius 1 is 0.958 bits per heavy atom. The van der Waals surface area contributed by atoms with E-state index in [9.17, 15) is 4.79 Å². The Bertz CT molecular complexity index is 694. The van der Waals surface area contributed by atoms with E-state index in [1.807, 2.05) is 45.9 Å². The van der Waals surface area contributed by atoms with Crippen molar-refractivity contribution in [3.05, 3.63) is 46.6 Å². The second-order valence-corrected chi connectivity index (χ2v) is 5.81. The fraction of sp³-hybridized carbons (Fsp3) is 0.389. The van der Waals surface area contributed by atoms with Crippen LogP contribution >= 0.6 is 0 Å². The number of benzene rings is 1. The van der Waals surface area contributed by atoms with Crippen molar-refractivity contribution >= 4 is 17.7 Å². The van der Waals surface area contributed by atoms with Gasteiger partial charge in [0, 0.05) is 37.0 Å². The van der Waals surface area contributed by atoms with E-state index >= 15 is 0 Å². The van der Waals surface area contributed by atoms with E-state index in [4.69, 9.17) is 0 Å². The largest absolute Gasteiger partial charge is 0.368 e. The van der Waals surface area contributed by atoms with Crippen molar-refractivity contribution in [1.82, 2.24) is 15.3 Å². The van der Waals surface area contributed by atoms with Gasteiger partial charge in [0.2, 0.25) is 5.95 Å². The highest BCUT2D eigenvalue weighted by Gasteiger charge is 2.06. The Hall–Kier alpha value is -2.63. The first-order valence-corrected chi connectivity index (χ1v) is 8.18. The molecule has 1 heterocycles. The minimum atomic E-state index is -0.0594. The third kappa shape index (κ3) is 5.22. The van der Waals surface area contributed by atoms with E-state index in [2.05, 4.69) is 32.0 Å². The summed E-state index contributed by atoms with van der Waals surface area (Å²) < 4.78 is 0. The predicted molar refractivity (Wildman–Crippen MR) is 97.7 cm³/mol. The van der Waals surface area contributed by atoms with Crippen molar-refractivity contribution < 1.29 is 4.79 Å². The van der Waals surface area contributed by atoms with E-state index in [0.29, 0.717) is 24.6 Å². The lowest BCUT2D eigenvalue weighted by molar-refractivity contribution is 0.0955. The van der Waals surface area contributed by atoms with Crippen molar-refractivity contribution in [2.75, 3.05) is 30.3 Å². The molecule has 6 nitrogen and oxygen atoms in total. The number of carbonyl (C=O) groups is 1. The molecule has 0 aliphatic rings. The number of aryl methyl sites for hydroxylation is 3. The number of aromatic nitrogens is 2. The minimum Gasteiger partial charge on any atom is -0.368 e. The lowest BCUT2D eigenvalue weighted by Crippen LogP contribution is -2.29. The van der Waals surface area contributed by atoms with Gasteiger partial charge >= 0.3 is 0 Å². The number of amides is 1. The molecule has 1 aromatic heterocycles. The van der Waals surface area contributed by atoms with Crippen LogP contribution in [0.1, 0.15) is 34.1 Å². The summed E-state index contributed by atoms with van der Waals surface area (Å²) in [5.74, 6) is 1.30. The lowest BCUT2D eigenvalue weighted by Gasteiger charge is -2.10. The van der Waals surface area contributed by atoms with Crippen LogP contribution in [0.15, 0.2) is 24.3 Å². The third-order valence-electron chi connectivity index (χ3n) is 3.39. The highest BCUT2D eigenvalue weighted by Crippen LogP contribution is 2.10. The first kappa shape index (κ1) is 17.7. The SMILES string of the molecule is CCNc1nc(C)cc(NCCNC(=O)c2cc(C)cc(C)c2)n1. The van der Waals surface area contributed by atoms with Gasteiger partial charge in [-0.25, -0.2) is 4.98 Å². The fourth-order valence-electron chi connectivity index (χ4n) is 2.47. The average molecular weight is 327 g/mol. The van der Waals surface area contributed by atoms with Gasteiger partial charge in [-0.1, -0.05) is 17.2 Å². The quantitative estimate of drug-likeness (QED) is 0.681. The number of hydrogen-bond acceptors (Lipinski definition) is 5. The van der Waals surface area contributed by atoms with Crippen molar-refractivity contribution in [3.8, 4) is 0 Å². The molecule has 0 aliphatic carbocycles. The van der Waals surface area contributed by atoms with E-state index in [1.54, 1.807) is 0 Å². The van der Waals surface area contributed by atoms with Crippen molar-refractivity contribution in [1.29, 1.82) is 0 Å². The van der Waals surface area contributed by atoms with Gasteiger partial charge in [0.1, 0.15) is 5.82 Å². The zero-order valence-corrected chi connectivity index (χ0v) is 14.7. The molecular formula is C18H25N5O. The molecule has 24 heavy (non-hydrogen) atoms. The van der Waals surface area contributed by atoms with Gasteiger partial charge in [-0.2, -0.15) is 4.98 Å². The normalized spacial score (nSPS) is 10.3. The van der Waals surface area contributed by atoms with Gasteiger partial charge in [-0.15, -0.1) is 0 Å². The van der Waals surface area contributed by atoms with E-state index in [0.717, 1.165) is 29.2 Å². The van der Waals surface area contributed by atoms with Crippen LogP contribution in [0, 0.1) is 20.8 Å². The summed E-state index contributed by atoms with van der Waals surface area (Å²) in [6, 6.07) is 7.72. The van der Waals surface area contributed by atoms with E-state index in [-0.39, 0.29) is 5.91 Å². The van der Waals surface area contributed by atoms with Gasteiger partial charge in [-0.05, 0) is 39.8 Å². The Morgan fingerprint density at radius 2 is 1.67 bits per heavy atom. The number of carbonyl (C=O) groups excluding carboxylic acids is 1. The fourth-order valence-corrected chi connectivity index (χ4v) is 2.47. The molecule has 0 saturated carbocycles. The van der Waals surface area contributed by atoms with Gasteiger partial charge in [0.05, 0.1) is 0 Å². The van der Waals surface area contributed by atoms with E-state index in [1.165, 1.54) is 0 Å². The highest BCUT2D eigenvalue weighted by atomic mass is 16.1. The Morgan fingerprint density at radius 3 is 2.33 bits per heavy atom. The molecular weight excluding hydrogens is 302 g/mol. The highest BCUT2D eigenvalue weighted by molar-refractivity contribution is 5.94. The molecule has 0 saturated heterocycles. The number of rotatable bonds is 7. The van der Waals surface area contributed by atoms with Crippen LogP contribution in [0.4, 0.5) is 11.8 Å². The monoisotopic (exact) mass is 327 g/mol. The summed E-state index contributed by atoms with van der Waals surface area (Å²) in [5.41, 5.74) is 3.76. The average Bonchev–Trinajstić information content (AvgIpc) is 2.50. The molecule has 2 rings (SSSR count).